The Bertz CT molecular complexity index is 1340. The van der Waals surface area contributed by atoms with Crippen molar-refractivity contribution >= 4 is 27.9 Å². The van der Waals surface area contributed by atoms with E-state index in [0.717, 1.165) is 33.4 Å². The van der Waals surface area contributed by atoms with Gasteiger partial charge in [-0.1, -0.05) is 58.4 Å². The second kappa shape index (κ2) is 21.2. The highest BCUT2D eigenvalue weighted by Crippen LogP contribution is 2.24. The van der Waals surface area contributed by atoms with Crippen molar-refractivity contribution in [1.82, 2.24) is 9.78 Å². The van der Waals surface area contributed by atoms with Crippen LogP contribution >= 0.6 is 15.9 Å². The summed E-state index contributed by atoms with van der Waals surface area (Å²) in [5.41, 5.74) is 9.39. The molecule has 236 valence electrons. The van der Waals surface area contributed by atoms with Gasteiger partial charge in [-0.15, -0.1) is 0 Å². The Balaban J connectivity index is 0.000000243. The van der Waals surface area contributed by atoms with Crippen LogP contribution in [0.15, 0.2) is 89.5 Å². The predicted octanol–water partition coefficient (Wildman–Crippen LogP) is 5.25. The number of ether oxygens (including phenoxy) is 5. The fourth-order valence-electron chi connectivity index (χ4n) is 3.87. The Kier molecular flexibility index (Phi) is 16.8. The zero-order valence-corrected chi connectivity index (χ0v) is 26.6. The molecule has 4 rings (SSSR count). The van der Waals surface area contributed by atoms with E-state index in [1.54, 1.807) is 10.9 Å². The van der Waals surface area contributed by atoms with E-state index in [0.29, 0.717) is 77.3 Å². The topological polar surface area (TPSA) is 119 Å². The number of aldehydes is 1. The number of carbonyl (C=O) groups excluding carboxylic acids is 1. The van der Waals surface area contributed by atoms with Crippen molar-refractivity contribution in [2.45, 2.75) is 0 Å². The van der Waals surface area contributed by atoms with Crippen molar-refractivity contribution in [3.8, 4) is 22.7 Å². The molecule has 0 amide bonds. The van der Waals surface area contributed by atoms with Gasteiger partial charge in [-0.25, -0.2) is 4.68 Å². The first-order valence-electron chi connectivity index (χ1n) is 14.4. The van der Waals surface area contributed by atoms with Gasteiger partial charge < -0.3 is 34.7 Å². The Hall–Kier alpha value is -3.58. The number of aromatic nitrogens is 2. The number of nitrogens with two attached hydrogens (primary N) is 1. The molecule has 0 bridgehead atoms. The number of benzene rings is 3. The summed E-state index contributed by atoms with van der Waals surface area (Å²) in [7, 11) is 1.87. The van der Waals surface area contributed by atoms with Crippen LogP contribution in [0.5, 0.6) is 5.75 Å². The molecule has 0 radical (unpaired) electrons. The summed E-state index contributed by atoms with van der Waals surface area (Å²) in [6, 6.07) is 25.3. The maximum Gasteiger partial charge on any atom is 0.153 e. The number of anilines is 1. The van der Waals surface area contributed by atoms with Crippen molar-refractivity contribution in [2.75, 3.05) is 78.4 Å². The second-order valence-electron chi connectivity index (χ2n) is 9.17. The van der Waals surface area contributed by atoms with Crippen molar-refractivity contribution in [2.24, 2.45) is 5.73 Å². The molecule has 3 aromatic carbocycles. The van der Waals surface area contributed by atoms with Gasteiger partial charge in [-0.05, 0) is 36.4 Å². The molecule has 0 saturated heterocycles. The van der Waals surface area contributed by atoms with Crippen LogP contribution in [-0.2, 0) is 18.9 Å². The number of nitrogens with one attached hydrogen (secondary N) is 1. The Morgan fingerprint density at radius 1 is 0.773 bits per heavy atom. The predicted molar refractivity (Wildman–Crippen MR) is 176 cm³/mol. The van der Waals surface area contributed by atoms with Gasteiger partial charge in [0.05, 0.1) is 69.8 Å². The number of halogens is 1. The van der Waals surface area contributed by atoms with Gasteiger partial charge >= 0.3 is 0 Å². The van der Waals surface area contributed by atoms with E-state index in [9.17, 15) is 4.79 Å². The van der Waals surface area contributed by atoms with E-state index in [1.807, 2.05) is 85.9 Å². The summed E-state index contributed by atoms with van der Waals surface area (Å²) in [5, 5.41) is 7.61. The van der Waals surface area contributed by atoms with Gasteiger partial charge in [0.1, 0.15) is 18.1 Å². The van der Waals surface area contributed by atoms with Gasteiger partial charge in [0.15, 0.2) is 6.29 Å². The first-order chi connectivity index (χ1) is 21.7. The first-order valence-corrected chi connectivity index (χ1v) is 15.2. The van der Waals surface area contributed by atoms with E-state index >= 15 is 0 Å². The number of rotatable bonds is 19. The van der Waals surface area contributed by atoms with E-state index in [4.69, 9.17) is 29.4 Å². The molecule has 0 aliphatic carbocycles. The minimum Gasteiger partial charge on any atom is -0.489 e. The third kappa shape index (κ3) is 12.6. The summed E-state index contributed by atoms with van der Waals surface area (Å²) in [5.74, 6) is 0.826. The molecule has 4 aromatic rings. The van der Waals surface area contributed by atoms with E-state index < -0.39 is 0 Å². The summed E-state index contributed by atoms with van der Waals surface area (Å²) < 4.78 is 29.8. The molecule has 0 unspecified atom stereocenters. The van der Waals surface area contributed by atoms with E-state index in [1.165, 1.54) is 0 Å². The zero-order chi connectivity index (χ0) is 31.2. The largest absolute Gasteiger partial charge is 0.489 e. The molecule has 0 spiro atoms. The van der Waals surface area contributed by atoms with Crippen LogP contribution in [0.25, 0.3) is 16.9 Å². The highest BCUT2D eigenvalue weighted by Gasteiger charge is 2.11. The number of hydrogen-bond donors (Lipinski definition) is 2. The lowest BCUT2D eigenvalue weighted by molar-refractivity contribution is -0.00384. The summed E-state index contributed by atoms with van der Waals surface area (Å²) in [6.07, 6.45) is 2.59. The minimum absolute atomic E-state index is 0.505. The lowest BCUT2D eigenvalue weighted by atomic mass is 10.1. The maximum absolute atomic E-state index is 11.2. The van der Waals surface area contributed by atoms with Crippen LogP contribution in [0.1, 0.15) is 10.4 Å². The summed E-state index contributed by atoms with van der Waals surface area (Å²) in [6.45, 7) is 5.44. The Morgan fingerprint density at radius 2 is 1.34 bits per heavy atom. The van der Waals surface area contributed by atoms with Crippen LogP contribution in [0.2, 0.25) is 0 Å². The number of para-hydroxylation sites is 3. The highest BCUT2D eigenvalue weighted by molar-refractivity contribution is 9.10. The highest BCUT2D eigenvalue weighted by atomic mass is 79.9. The van der Waals surface area contributed by atoms with Gasteiger partial charge in [-0.3, -0.25) is 4.79 Å². The van der Waals surface area contributed by atoms with Crippen molar-refractivity contribution < 1.29 is 28.5 Å². The molecule has 44 heavy (non-hydrogen) atoms. The monoisotopic (exact) mass is 668 g/mol. The fourth-order valence-corrected chi connectivity index (χ4v) is 4.14. The average Bonchev–Trinajstić information content (AvgIpc) is 3.51. The van der Waals surface area contributed by atoms with Crippen LogP contribution < -0.4 is 15.8 Å². The lowest BCUT2D eigenvalue weighted by Gasteiger charge is -2.11. The molecular formula is C33H41BrN4O6. The SMILES string of the molecule is CNc1ccccc1OCCOCCOCCOCCOCCN.O=Cc1cn(-c2ccccc2)nc1-c1ccc(Br)cc1. The van der Waals surface area contributed by atoms with Crippen molar-refractivity contribution in [3.63, 3.8) is 0 Å². The molecule has 0 aliphatic heterocycles. The molecule has 11 heteroatoms. The molecule has 0 fully saturated rings. The van der Waals surface area contributed by atoms with E-state index in [-0.39, 0.29) is 0 Å². The van der Waals surface area contributed by atoms with Gasteiger partial charge in [0, 0.05) is 29.8 Å². The molecular weight excluding hydrogens is 628 g/mol. The first kappa shape index (κ1) is 34.9. The molecule has 0 atom stereocenters. The standard InChI is InChI=1S/C17H30N2O5.C16H11BrN2O/c1-19-16-4-2-3-5-17(16)24-15-14-23-13-12-22-11-10-21-9-8-20-7-6-18;17-14-8-6-12(7-9-14)16-13(11-20)10-19(18-16)15-4-2-1-3-5-15/h2-5,19H,6-15,18H2,1H3;1-11H. The van der Waals surface area contributed by atoms with Crippen LogP contribution in [0, 0.1) is 0 Å². The lowest BCUT2D eigenvalue weighted by Crippen LogP contribution is -2.15. The maximum atomic E-state index is 11.2. The van der Waals surface area contributed by atoms with Crippen LogP contribution in [-0.4, -0.2) is 89.1 Å². The third-order valence-corrected chi connectivity index (χ3v) is 6.56. The summed E-state index contributed by atoms with van der Waals surface area (Å²) >= 11 is 3.40. The summed E-state index contributed by atoms with van der Waals surface area (Å²) in [4.78, 5) is 11.2. The number of nitrogens with zero attached hydrogens (tertiary/aromatic N) is 2. The molecule has 1 aromatic heterocycles. The van der Waals surface area contributed by atoms with Crippen molar-refractivity contribution in [1.29, 1.82) is 0 Å². The smallest absolute Gasteiger partial charge is 0.153 e. The third-order valence-electron chi connectivity index (χ3n) is 6.03. The fraction of sp³-hybridized carbons (Fsp3) is 0.333. The average molecular weight is 670 g/mol. The minimum atomic E-state index is 0.505. The molecule has 10 nitrogen and oxygen atoms in total. The molecule has 1 heterocycles. The molecule has 3 N–H and O–H groups in total. The number of hydrogen-bond acceptors (Lipinski definition) is 9. The zero-order valence-electron chi connectivity index (χ0n) is 25.0. The van der Waals surface area contributed by atoms with E-state index in [2.05, 4.69) is 26.3 Å². The van der Waals surface area contributed by atoms with Crippen LogP contribution in [0.4, 0.5) is 5.69 Å². The van der Waals surface area contributed by atoms with Crippen molar-refractivity contribution in [3.05, 3.63) is 95.1 Å². The van der Waals surface area contributed by atoms with Gasteiger partial charge in [0.2, 0.25) is 0 Å². The molecule has 0 saturated carbocycles. The normalized spacial score (nSPS) is 10.6. The quantitative estimate of drug-likeness (QED) is 0.102. The Labute approximate surface area is 267 Å². The second-order valence-corrected chi connectivity index (χ2v) is 10.1. The van der Waals surface area contributed by atoms with Gasteiger partial charge in [0.25, 0.3) is 0 Å². The Morgan fingerprint density at radius 3 is 1.93 bits per heavy atom. The van der Waals surface area contributed by atoms with Crippen LogP contribution in [0.3, 0.4) is 0 Å². The molecule has 0 aliphatic rings. The number of carbonyl (C=O) groups is 1. The van der Waals surface area contributed by atoms with Gasteiger partial charge in [-0.2, -0.15) is 5.10 Å².